The van der Waals surface area contributed by atoms with Crippen molar-refractivity contribution in [3.8, 4) is 55.6 Å². The first-order chi connectivity index (χ1) is 35.2. The second-order valence-corrected chi connectivity index (χ2v) is 19.4. The van der Waals surface area contributed by atoms with E-state index in [-0.39, 0.29) is 0 Å². The highest BCUT2D eigenvalue weighted by molar-refractivity contribution is 7.26. The predicted molar refractivity (Wildman–Crippen MR) is 303 cm³/mol. The summed E-state index contributed by atoms with van der Waals surface area (Å²) in [6.07, 6.45) is 0. The monoisotopic (exact) mass is 921 g/mol. The van der Waals surface area contributed by atoms with E-state index in [0.29, 0.717) is 0 Å². The Kier molecular flexibility index (Phi) is 9.75. The quantitative estimate of drug-likeness (QED) is 0.151. The number of thiophene rings is 1. The van der Waals surface area contributed by atoms with Gasteiger partial charge in [0, 0.05) is 53.6 Å². The molecule has 0 aliphatic rings. The largest absolute Gasteiger partial charge is 0.455 e. The van der Waals surface area contributed by atoms with E-state index in [0.717, 1.165) is 61.3 Å². The normalized spacial score (nSPS) is 11.7. The fraction of sp³-hybridized carbons (Fsp3) is 0. The maximum atomic E-state index is 6.83. The average Bonchev–Trinajstić information content (AvgIpc) is 4.02. The summed E-state index contributed by atoms with van der Waals surface area (Å²) in [5.41, 5.74) is 16.8. The van der Waals surface area contributed by atoms with Crippen LogP contribution in [0.4, 0.5) is 17.1 Å². The van der Waals surface area contributed by atoms with Gasteiger partial charge in [-0.2, -0.15) is 0 Å². The van der Waals surface area contributed by atoms with Crippen LogP contribution in [0.25, 0.3) is 119 Å². The molecule has 0 unspecified atom stereocenters. The van der Waals surface area contributed by atoms with Crippen molar-refractivity contribution >= 4 is 92.1 Å². The Hall–Kier alpha value is -9.02. The van der Waals surface area contributed by atoms with E-state index in [2.05, 4.69) is 266 Å². The minimum absolute atomic E-state index is 0.905. The summed E-state index contributed by atoms with van der Waals surface area (Å²) in [6.45, 7) is 0. The molecule has 0 amide bonds. The zero-order chi connectivity index (χ0) is 46.8. The molecule has 71 heavy (non-hydrogen) atoms. The molecule has 2 heterocycles. The molecule has 0 spiro atoms. The Morgan fingerprint density at radius 1 is 0.310 bits per heavy atom. The number of rotatable bonds is 8. The van der Waals surface area contributed by atoms with Crippen molar-refractivity contribution in [2.24, 2.45) is 0 Å². The third-order valence-corrected chi connectivity index (χ3v) is 15.5. The van der Waals surface area contributed by atoms with Gasteiger partial charge in [0.2, 0.25) is 0 Å². The van der Waals surface area contributed by atoms with E-state index in [1.165, 1.54) is 75.1 Å². The Morgan fingerprint density at radius 2 is 0.817 bits per heavy atom. The highest BCUT2D eigenvalue weighted by atomic mass is 32.1. The van der Waals surface area contributed by atoms with Crippen LogP contribution in [0.3, 0.4) is 0 Å². The van der Waals surface area contributed by atoms with E-state index in [4.69, 9.17) is 4.42 Å². The molecule has 0 atom stereocenters. The number of benzene rings is 12. The second kappa shape index (κ2) is 16.9. The molecule has 3 heteroatoms. The second-order valence-electron chi connectivity index (χ2n) is 18.4. The van der Waals surface area contributed by atoms with Crippen LogP contribution < -0.4 is 4.90 Å². The smallest absolute Gasteiger partial charge is 0.143 e. The Labute approximate surface area is 415 Å². The molecule has 2 nitrogen and oxygen atoms in total. The molecule has 0 fully saturated rings. The summed E-state index contributed by atoms with van der Waals surface area (Å²) in [5, 5.41) is 9.72. The van der Waals surface area contributed by atoms with Crippen LogP contribution in [0.1, 0.15) is 0 Å². The van der Waals surface area contributed by atoms with Crippen molar-refractivity contribution in [3.63, 3.8) is 0 Å². The lowest BCUT2D eigenvalue weighted by Crippen LogP contribution is -2.09. The predicted octanol–water partition coefficient (Wildman–Crippen LogP) is 20.1. The number of hydrogen-bond donors (Lipinski definition) is 0. The van der Waals surface area contributed by atoms with Crippen LogP contribution in [-0.2, 0) is 0 Å². The van der Waals surface area contributed by atoms with Gasteiger partial charge in [0.15, 0.2) is 0 Å². The fourth-order valence-corrected chi connectivity index (χ4v) is 12.1. The fourth-order valence-electron chi connectivity index (χ4n) is 10.8. The van der Waals surface area contributed by atoms with Crippen LogP contribution in [0.5, 0.6) is 0 Å². The van der Waals surface area contributed by atoms with Gasteiger partial charge in [-0.25, -0.2) is 0 Å². The van der Waals surface area contributed by atoms with E-state index in [1.807, 2.05) is 11.3 Å². The topological polar surface area (TPSA) is 16.4 Å². The van der Waals surface area contributed by atoms with E-state index in [9.17, 15) is 0 Å². The Bertz CT molecular complexity index is 4320. The molecule has 0 radical (unpaired) electrons. The highest BCUT2D eigenvalue weighted by Gasteiger charge is 2.20. The summed E-state index contributed by atoms with van der Waals surface area (Å²) >= 11 is 1.88. The van der Waals surface area contributed by atoms with Crippen LogP contribution in [0.15, 0.2) is 265 Å². The molecule has 2 aromatic heterocycles. The van der Waals surface area contributed by atoms with Crippen LogP contribution >= 0.6 is 11.3 Å². The van der Waals surface area contributed by atoms with Crippen LogP contribution in [0.2, 0.25) is 0 Å². The number of fused-ring (bicyclic) bond motifs is 9. The van der Waals surface area contributed by atoms with Gasteiger partial charge in [-0.05, 0) is 138 Å². The van der Waals surface area contributed by atoms with Crippen molar-refractivity contribution in [1.82, 2.24) is 0 Å². The number of anilines is 3. The molecule has 12 aromatic carbocycles. The van der Waals surface area contributed by atoms with E-state index >= 15 is 0 Å². The Morgan fingerprint density at radius 3 is 1.52 bits per heavy atom. The summed E-state index contributed by atoms with van der Waals surface area (Å²) < 4.78 is 9.48. The number of hydrogen-bond acceptors (Lipinski definition) is 3. The van der Waals surface area contributed by atoms with Gasteiger partial charge in [0.05, 0.1) is 0 Å². The molecule has 0 saturated heterocycles. The van der Waals surface area contributed by atoms with Gasteiger partial charge in [-0.15, -0.1) is 11.3 Å². The van der Waals surface area contributed by atoms with E-state index < -0.39 is 0 Å². The molecular formula is C68H43NOS. The zero-order valence-electron chi connectivity index (χ0n) is 38.6. The first-order valence-corrected chi connectivity index (χ1v) is 25.0. The van der Waals surface area contributed by atoms with Gasteiger partial charge >= 0.3 is 0 Å². The summed E-state index contributed by atoms with van der Waals surface area (Å²) in [4.78, 5) is 2.36. The molecule has 14 rings (SSSR count). The lowest BCUT2D eigenvalue weighted by Gasteiger charge is -2.26. The molecule has 0 saturated carbocycles. The zero-order valence-corrected chi connectivity index (χ0v) is 39.4. The highest BCUT2D eigenvalue weighted by Crippen LogP contribution is 2.45. The van der Waals surface area contributed by atoms with Gasteiger partial charge in [-0.1, -0.05) is 194 Å². The van der Waals surface area contributed by atoms with Crippen LogP contribution in [0, 0.1) is 0 Å². The lowest BCUT2D eigenvalue weighted by atomic mass is 9.92. The van der Waals surface area contributed by atoms with E-state index in [1.54, 1.807) is 0 Å². The molecular weight excluding hydrogens is 879 g/mol. The molecule has 0 N–H and O–H groups in total. The molecule has 332 valence electrons. The standard InChI is InChI=1S/C68H43NOS/c1-2-13-44(14-3-1)45-27-34-54(35-28-45)69(55-36-29-46(30-37-55)49-17-10-19-51(41-49)59-24-12-25-61-60-23-8-9-26-64(60)71-68(59)61)56-38-31-47(32-39-56)50-18-11-20-53(42-50)65-58-22-7-5-16-52(58)43-62-66-57-21-6-4-15-48(57)33-40-63(66)70-67(62)65/h1-43H. The third-order valence-electron chi connectivity index (χ3n) is 14.3. The summed E-state index contributed by atoms with van der Waals surface area (Å²) in [5.74, 6) is 0. The van der Waals surface area contributed by atoms with Crippen molar-refractivity contribution in [1.29, 1.82) is 0 Å². The Balaban J connectivity index is 0.830. The molecule has 0 aliphatic heterocycles. The molecule has 0 aliphatic carbocycles. The maximum absolute atomic E-state index is 6.83. The van der Waals surface area contributed by atoms with Crippen molar-refractivity contribution in [2.45, 2.75) is 0 Å². The maximum Gasteiger partial charge on any atom is 0.143 e. The van der Waals surface area contributed by atoms with Gasteiger partial charge in [-0.3, -0.25) is 0 Å². The summed E-state index contributed by atoms with van der Waals surface area (Å²) in [7, 11) is 0. The minimum atomic E-state index is 0.905. The minimum Gasteiger partial charge on any atom is -0.455 e. The van der Waals surface area contributed by atoms with Crippen LogP contribution in [-0.4, -0.2) is 0 Å². The molecule has 14 aromatic rings. The third kappa shape index (κ3) is 7.09. The lowest BCUT2D eigenvalue weighted by molar-refractivity contribution is 0.671. The van der Waals surface area contributed by atoms with Crippen molar-refractivity contribution in [3.05, 3.63) is 261 Å². The number of furan rings is 1. The van der Waals surface area contributed by atoms with Gasteiger partial charge in [0.25, 0.3) is 0 Å². The first kappa shape index (κ1) is 41.0. The van der Waals surface area contributed by atoms with Crippen molar-refractivity contribution in [2.75, 3.05) is 4.90 Å². The first-order valence-electron chi connectivity index (χ1n) is 24.2. The summed E-state index contributed by atoms with van der Waals surface area (Å²) in [6, 6.07) is 94.7. The van der Waals surface area contributed by atoms with Crippen molar-refractivity contribution < 1.29 is 4.42 Å². The SMILES string of the molecule is c1ccc(-c2ccc(N(c3ccc(-c4cccc(-c5c6ccccc6cc6c5oc5ccc7ccccc7c56)c4)cc3)c3ccc(-c4cccc(-c5cccc6c5sc5ccccc56)c4)cc3)cc2)cc1. The molecule has 0 bridgehead atoms. The average molecular weight is 922 g/mol. The number of nitrogens with zero attached hydrogens (tertiary/aromatic N) is 1. The van der Waals surface area contributed by atoms with Gasteiger partial charge < -0.3 is 9.32 Å². The van der Waals surface area contributed by atoms with Gasteiger partial charge in [0.1, 0.15) is 11.2 Å².